The highest BCUT2D eigenvalue weighted by molar-refractivity contribution is 5.97. The number of ether oxygens (including phenoxy) is 3. The number of nitrogens with one attached hydrogen (secondary N) is 1. The number of Topliss-reactive ketones (excluding diaryl/α,β-unsaturated/α-hetero) is 1. The number of benzene rings is 1. The summed E-state index contributed by atoms with van der Waals surface area (Å²) >= 11 is 0. The standard InChI is InChI=1S/C18H20N2O9/c1-10(16-14(19-17(16)23)7-13(21)8-15(22)27-2)29-18(24)28-9-11-3-5-12(6-4-11)20(25)26/h3-6,10,14,16H,7-9H2,1-2H3,(H,19,23)/t10-,14?,16?/m0/s1. The Bertz CT molecular complexity index is 806. The van der Waals surface area contributed by atoms with Crippen molar-refractivity contribution in [1.82, 2.24) is 5.32 Å². The van der Waals surface area contributed by atoms with Gasteiger partial charge in [-0.1, -0.05) is 0 Å². The number of hydrogen-bond acceptors (Lipinski definition) is 9. The minimum absolute atomic E-state index is 0.0863. The zero-order chi connectivity index (χ0) is 21.6. The Morgan fingerprint density at radius 2 is 1.90 bits per heavy atom. The van der Waals surface area contributed by atoms with E-state index in [0.29, 0.717) is 5.56 Å². The van der Waals surface area contributed by atoms with Crippen molar-refractivity contribution in [3.8, 4) is 0 Å². The lowest BCUT2D eigenvalue weighted by Crippen LogP contribution is -2.63. The van der Waals surface area contributed by atoms with Gasteiger partial charge in [0.25, 0.3) is 5.69 Å². The zero-order valence-corrected chi connectivity index (χ0v) is 15.8. The minimum atomic E-state index is -1.02. The van der Waals surface area contributed by atoms with E-state index in [1.165, 1.54) is 38.3 Å². The lowest BCUT2D eigenvalue weighted by Gasteiger charge is -2.39. The molecule has 29 heavy (non-hydrogen) atoms. The van der Waals surface area contributed by atoms with Crippen LogP contribution in [0.25, 0.3) is 0 Å². The third-order valence-electron chi connectivity index (χ3n) is 4.37. The Labute approximate surface area is 165 Å². The fourth-order valence-electron chi connectivity index (χ4n) is 2.84. The molecule has 11 heteroatoms. The molecule has 1 aliphatic heterocycles. The number of rotatable bonds is 9. The van der Waals surface area contributed by atoms with Crippen molar-refractivity contribution < 1.29 is 38.3 Å². The molecule has 156 valence electrons. The maximum absolute atomic E-state index is 11.9. The maximum atomic E-state index is 11.9. The zero-order valence-electron chi connectivity index (χ0n) is 15.8. The molecule has 2 rings (SSSR count). The van der Waals surface area contributed by atoms with E-state index in [4.69, 9.17) is 9.47 Å². The van der Waals surface area contributed by atoms with Gasteiger partial charge in [-0.3, -0.25) is 24.5 Å². The third-order valence-corrected chi connectivity index (χ3v) is 4.37. The molecular weight excluding hydrogens is 388 g/mol. The van der Waals surface area contributed by atoms with Crippen LogP contribution in [0.5, 0.6) is 0 Å². The van der Waals surface area contributed by atoms with Crippen molar-refractivity contribution >= 4 is 29.5 Å². The van der Waals surface area contributed by atoms with Gasteiger partial charge in [0, 0.05) is 18.6 Å². The number of non-ortho nitro benzene ring substituents is 1. The Kier molecular flexibility index (Phi) is 7.23. The highest BCUT2D eigenvalue weighted by Crippen LogP contribution is 2.25. The van der Waals surface area contributed by atoms with Crippen LogP contribution in [0.2, 0.25) is 0 Å². The second-order valence-corrected chi connectivity index (χ2v) is 6.42. The Morgan fingerprint density at radius 3 is 2.45 bits per heavy atom. The van der Waals surface area contributed by atoms with Crippen LogP contribution in [0.3, 0.4) is 0 Å². The number of carbonyl (C=O) groups excluding carboxylic acids is 4. The highest BCUT2D eigenvalue weighted by atomic mass is 16.7. The van der Waals surface area contributed by atoms with Crippen LogP contribution in [-0.2, 0) is 35.2 Å². The normalized spacial score (nSPS) is 18.6. The summed E-state index contributed by atoms with van der Waals surface area (Å²) < 4.78 is 14.5. The molecule has 1 fully saturated rings. The largest absolute Gasteiger partial charge is 0.508 e. The summed E-state index contributed by atoms with van der Waals surface area (Å²) in [5.74, 6) is -2.20. The summed E-state index contributed by atoms with van der Waals surface area (Å²) in [5.41, 5.74) is 0.432. The fourth-order valence-corrected chi connectivity index (χ4v) is 2.84. The number of nitro benzene ring substituents is 1. The first-order chi connectivity index (χ1) is 13.7. The van der Waals surface area contributed by atoms with Crippen LogP contribution in [-0.4, -0.2) is 48.0 Å². The monoisotopic (exact) mass is 408 g/mol. The number of esters is 1. The van der Waals surface area contributed by atoms with E-state index in [0.717, 1.165) is 0 Å². The van der Waals surface area contributed by atoms with Crippen molar-refractivity contribution in [3.63, 3.8) is 0 Å². The molecule has 0 aromatic heterocycles. The number of carbonyl (C=O) groups is 4. The van der Waals surface area contributed by atoms with Crippen LogP contribution in [0.1, 0.15) is 25.3 Å². The molecule has 0 spiro atoms. The van der Waals surface area contributed by atoms with Gasteiger partial charge < -0.3 is 19.5 Å². The molecule has 1 N–H and O–H groups in total. The number of nitrogens with zero attached hydrogens (tertiary/aromatic N) is 1. The predicted molar refractivity (Wildman–Crippen MR) is 95.5 cm³/mol. The Balaban J connectivity index is 1.81. The summed E-state index contributed by atoms with van der Waals surface area (Å²) in [5, 5.41) is 13.2. The number of ketones is 1. The third kappa shape index (κ3) is 5.99. The summed E-state index contributed by atoms with van der Waals surface area (Å²) in [7, 11) is 1.17. The molecular formula is C18H20N2O9. The quantitative estimate of drug-likeness (QED) is 0.209. The van der Waals surface area contributed by atoms with Crippen molar-refractivity contribution in [1.29, 1.82) is 0 Å². The molecule has 0 aliphatic carbocycles. The van der Waals surface area contributed by atoms with Gasteiger partial charge in [0.15, 0.2) is 0 Å². The molecule has 1 saturated heterocycles. The summed E-state index contributed by atoms with van der Waals surface area (Å²) in [4.78, 5) is 56.6. The average Bonchev–Trinajstić information content (AvgIpc) is 2.65. The van der Waals surface area contributed by atoms with Crippen LogP contribution >= 0.6 is 0 Å². The molecule has 1 amide bonds. The van der Waals surface area contributed by atoms with E-state index < -0.39 is 47.3 Å². The van der Waals surface area contributed by atoms with Crippen molar-refractivity contribution in [3.05, 3.63) is 39.9 Å². The van der Waals surface area contributed by atoms with Gasteiger partial charge in [-0.15, -0.1) is 0 Å². The lowest BCUT2D eigenvalue weighted by molar-refractivity contribution is -0.384. The first kappa shape index (κ1) is 21.8. The summed E-state index contributed by atoms with van der Waals surface area (Å²) in [6.45, 7) is 1.33. The van der Waals surface area contributed by atoms with Crippen LogP contribution < -0.4 is 5.32 Å². The van der Waals surface area contributed by atoms with Gasteiger partial charge in [-0.2, -0.15) is 0 Å². The van der Waals surface area contributed by atoms with Gasteiger partial charge in [0.2, 0.25) is 5.91 Å². The molecule has 1 aliphatic rings. The van der Waals surface area contributed by atoms with E-state index in [9.17, 15) is 29.3 Å². The number of β-lactam (4-membered cyclic amide) rings is 1. The topological polar surface area (TPSA) is 151 Å². The molecule has 0 saturated carbocycles. The first-order valence-electron chi connectivity index (χ1n) is 8.67. The molecule has 11 nitrogen and oxygen atoms in total. The van der Waals surface area contributed by atoms with E-state index >= 15 is 0 Å². The number of nitro groups is 1. The number of methoxy groups -OCH3 is 1. The van der Waals surface area contributed by atoms with Crippen LogP contribution in [0.4, 0.5) is 10.5 Å². The second-order valence-electron chi connectivity index (χ2n) is 6.42. The smallest absolute Gasteiger partial charge is 0.469 e. The number of amides is 1. The van der Waals surface area contributed by atoms with Crippen molar-refractivity contribution in [2.75, 3.05) is 7.11 Å². The molecule has 0 radical (unpaired) electrons. The summed E-state index contributed by atoms with van der Waals surface area (Å²) in [6, 6.07) is 4.88. The average molecular weight is 408 g/mol. The fraction of sp³-hybridized carbons (Fsp3) is 0.444. The van der Waals surface area contributed by atoms with Crippen molar-refractivity contribution in [2.24, 2.45) is 5.92 Å². The Morgan fingerprint density at radius 1 is 1.24 bits per heavy atom. The van der Waals surface area contributed by atoms with Gasteiger partial charge in [0.1, 0.15) is 24.9 Å². The van der Waals surface area contributed by atoms with Crippen molar-refractivity contribution in [2.45, 2.75) is 38.5 Å². The van der Waals surface area contributed by atoms with E-state index in [1.807, 2.05) is 0 Å². The second kappa shape index (κ2) is 9.62. The molecule has 2 unspecified atom stereocenters. The molecule has 1 aromatic rings. The summed E-state index contributed by atoms with van der Waals surface area (Å²) in [6.07, 6.45) is -2.36. The van der Waals surface area contributed by atoms with Crippen LogP contribution in [0.15, 0.2) is 24.3 Å². The number of hydrogen-bond donors (Lipinski definition) is 1. The van der Waals surface area contributed by atoms with E-state index in [2.05, 4.69) is 10.1 Å². The van der Waals surface area contributed by atoms with Gasteiger partial charge in [-0.05, 0) is 24.6 Å². The van der Waals surface area contributed by atoms with Crippen LogP contribution in [0, 0.1) is 16.0 Å². The molecule has 1 aromatic carbocycles. The maximum Gasteiger partial charge on any atom is 0.508 e. The SMILES string of the molecule is COC(=O)CC(=O)CC1NC(=O)C1[C@H](C)OC(=O)OCc1ccc([N+](=O)[O-])cc1. The van der Waals surface area contributed by atoms with Gasteiger partial charge in [-0.25, -0.2) is 4.79 Å². The van der Waals surface area contributed by atoms with E-state index in [1.54, 1.807) is 0 Å². The molecule has 1 heterocycles. The molecule has 0 bridgehead atoms. The highest BCUT2D eigenvalue weighted by Gasteiger charge is 2.45. The predicted octanol–water partition coefficient (Wildman–Crippen LogP) is 1.27. The molecule has 3 atom stereocenters. The van der Waals surface area contributed by atoms with Gasteiger partial charge in [0.05, 0.1) is 24.0 Å². The lowest BCUT2D eigenvalue weighted by atomic mass is 9.82. The Hall–Kier alpha value is -3.50. The van der Waals surface area contributed by atoms with E-state index in [-0.39, 0.29) is 24.6 Å². The first-order valence-corrected chi connectivity index (χ1v) is 8.67. The minimum Gasteiger partial charge on any atom is -0.469 e. The van der Waals surface area contributed by atoms with Gasteiger partial charge >= 0.3 is 12.1 Å².